The molecule has 0 saturated carbocycles. The topological polar surface area (TPSA) is 75.1 Å². The summed E-state index contributed by atoms with van der Waals surface area (Å²) in [5.74, 6) is -0.572. The Morgan fingerprint density at radius 1 is 1.46 bits per heavy atom. The van der Waals surface area contributed by atoms with Crippen molar-refractivity contribution in [1.82, 2.24) is 24.9 Å². The Balaban J connectivity index is 1.51. The lowest BCUT2D eigenvalue weighted by atomic mass is 10.1. The highest BCUT2D eigenvalue weighted by Gasteiger charge is 2.16. The largest absolute Gasteiger partial charge is 0.358 e. The monoisotopic (exact) mass is 343 g/mol. The second-order valence-electron chi connectivity index (χ2n) is 5.50. The van der Waals surface area contributed by atoms with Crippen molar-refractivity contribution in [2.45, 2.75) is 13.3 Å². The zero-order valence-electron chi connectivity index (χ0n) is 12.8. The number of rotatable bonds is 4. The number of H-pyrrole nitrogens is 1. The predicted octanol–water partition coefficient (Wildman–Crippen LogP) is 2.69. The third-order valence-electron chi connectivity index (χ3n) is 3.93. The molecule has 0 bridgehead atoms. The van der Waals surface area contributed by atoms with Crippen LogP contribution in [0.5, 0.6) is 0 Å². The van der Waals surface area contributed by atoms with E-state index in [0.29, 0.717) is 23.9 Å². The third-order valence-corrected chi connectivity index (χ3v) is 4.81. The number of nitrogens with one attached hydrogen (secondary N) is 2. The molecule has 6 nitrogen and oxygen atoms in total. The Morgan fingerprint density at radius 2 is 2.33 bits per heavy atom. The zero-order valence-corrected chi connectivity index (χ0v) is 13.7. The Hall–Kier alpha value is -2.74. The van der Waals surface area contributed by atoms with Crippen LogP contribution in [0.1, 0.15) is 21.7 Å². The summed E-state index contributed by atoms with van der Waals surface area (Å²) in [6.07, 6.45) is 2.16. The Labute approximate surface area is 140 Å². The quantitative estimate of drug-likeness (QED) is 0.598. The molecule has 24 heavy (non-hydrogen) atoms. The number of amides is 1. The molecule has 4 aromatic rings. The van der Waals surface area contributed by atoms with Crippen molar-refractivity contribution in [2.75, 3.05) is 6.54 Å². The van der Waals surface area contributed by atoms with E-state index in [0.717, 1.165) is 21.9 Å². The molecule has 3 heterocycles. The highest BCUT2D eigenvalue weighted by atomic mass is 32.1. The predicted molar refractivity (Wildman–Crippen MR) is 89.9 cm³/mol. The number of aromatic nitrogens is 4. The molecule has 0 fully saturated rings. The van der Waals surface area contributed by atoms with Crippen LogP contribution in [-0.2, 0) is 6.42 Å². The number of thiazole rings is 1. The molecular weight excluding hydrogens is 329 g/mol. The van der Waals surface area contributed by atoms with E-state index >= 15 is 0 Å². The summed E-state index contributed by atoms with van der Waals surface area (Å²) in [6, 6.07) is 4.40. The van der Waals surface area contributed by atoms with Crippen molar-refractivity contribution in [3.05, 3.63) is 52.7 Å². The fourth-order valence-corrected chi connectivity index (χ4v) is 3.66. The summed E-state index contributed by atoms with van der Waals surface area (Å²) in [6.45, 7) is 2.27. The summed E-state index contributed by atoms with van der Waals surface area (Å²) in [5.41, 5.74) is 2.96. The molecule has 0 spiro atoms. The second-order valence-corrected chi connectivity index (χ2v) is 6.34. The van der Waals surface area contributed by atoms with Gasteiger partial charge in [-0.2, -0.15) is 5.10 Å². The van der Waals surface area contributed by atoms with E-state index in [1.165, 1.54) is 29.8 Å². The molecule has 0 saturated heterocycles. The number of aryl methyl sites for hydroxylation is 1. The van der Waals surface area contributed by atoms with Gasteiger partial charge in [0.25, 0.3) is 5.91 Å². The van der Waals surface area contributed by atoms with E-state index < -0.39 is 0 Å². The van der Waals surface area contributed by atoms with E-state index in [9.17, 15) is 9.18 Å². The number of carbonyl (C=O) groups is 1. The maximum Gasteiger partial charge on any atom is 0.253 e. The normalized spacial score (nSPS) is 11.4. The maximum absolute atomic E-state index is 13.5. The minimum Gasteiger partial charge on any atom is -0.358 e. The summed E-state index contributed by atoms with van der Waals surface area (Å²) in [7, 11) is 0. The van der Waals surface area contributed by atoms with Gasteiger partial charge in [-0.3, -0.25) is 4.79 Å². The minimum absolute atomic E-state index is 0.214. The van der Waals surface area contributed by atoms with Crippen molar-refractivity contribution in [3.8, 4) is 0 Å². The number of benzene rings is 1. The van der Waals surface area contributed by atoms with Gasteiger partial charge in [-0.05, 0) is 25.1 Å². The second kappa shape index (κ2) is 5.72. The van der Waals surface area contributed by atoms with Gasteiger partial charge in [-0.25, -0.2) is 13.9 Å². The molecule has 8 heteroatoms. The molecule has 3 aromatic heterocycles. The first-order valence-corrected chi connectivity index (χ1v) is 8.33. The van der Waals surface area contributed by atoms with Crippen molar-refractivity contribution >= 4 is 33.1 Å². The number of hydrogen-bond donors (Lipinski definition) is 2. The summed E-state index contributed by atoms with van der Waals surface area (Å²) in [4.78, 5) is 20.6. The number of halogens is 1. The van der Waals surface area contributed by atoms with E-state index in [4.69, 9.17) is 0 Å². The number of nitrogens with zero attached hydrogens (tertiary/aromatic N) is 3. The summed E-state index contributed by atoms with van der Waals surface area (Å²) < 4.78 is 15.3. The Morgan fingerprint density at radius 3 is 3.21 bits per heavy atom. The van der Waals surface area contributed by atoms with Crippen LogP contribution < -0.4 is 5.32 Å². The smallest absolute Gasteiger partial charge is 0.253 e. The molecule has 0 radical (unpaired) electrons. The van der Waals surface area contributed by atoms with Crippen LogP contribution >= 0.6 is 11.3 Å². The van der Waals surface area contributed by atoms with Crippen LogP contribution in [0, 0.1) is 12.7 Å². The molecule has 0 aliphatic heterocycles. The van der Waals surface area contributed by atoms with Crippen LogP contribution in [0.3, 0.4) is 0 Å². The highest BCUT2D eigenvalue weighted by molar-refractivity contribution is 7.15. The van der Waals surface area contributed by atoms with Gasteiger partial charge in [0.05, 0.1) is 11.3 Å². The number of hydrogen-bond acceptors (Lipinski definition) is 4. The van der Waals surface area contributed by atoms with Crippen LogP contribution in [-0.4, -0.2) is 32.0 Å². The van der Waals surface area contributed by atoms with Gasteiger partial charge in [0.15, 0.2) is 0 Å². The lowest BCUT2D eigenvalue weighted by molar-refractivity contribution is 0.0955. The standard InChI is InChI=1S/C16H14FN5OS/c1-9-14(12-6-10(17)2-3-13(12)21-9)15(23)18-5-4-11-7-24-16-19-8-20-22(11)16/h2-3,6-8,21H,4-5H2,1H3,(H,18,23). The van der Waals surface area contributed by atoms with E-state index in [-0.39, 0.29) is 11.7 Å². The molecule has 0 aliphatic carbocycles. The van der Waals surface area contributed by atoms with E-state index in [2.05, 4.69) is 20.4 Å². The summed E-state index contributed by atoms with van der Waals surface area (Å²) in [5, 5.41) is 9.62. The highest BCUT2D eigenvalue weighted by Crippen LogP contribution is 2.23. The van der Waals surface area contributed by atoms with Crippen LogP contribution in [0.2, 0.25) is 0 Å². The molecule has 0 unspecified atom stereocenters. The van der Waals surface area contributed by atoms with E-state index in [1.807, 2.05) is 12.3 Å². The molecular formula is C16H14FN5OS. The first kappa shape index (κ1) is 14.8. The zero-order chi connectivity index (χ0) is 16.7. The minimum atomic E-state index is -0.359. The SMILES string of the molecule is Cc1[nH]c2ccc(F)cc2c1C(=O)NCCc1csc2ncnn12. The molecule has 2 N–H and O–H groups in total. The van der Waals surface area contributed by atoms with Crippen molar-refractivity contribution in [3.63, 3.8) is 0 Å². The number of aromatic amines is 1. The van der Waals surface area contributed by atoms with Crippen molar-refractivity contribution in [1.29, 1.82) is 0 Å². The number of fused-ring (bicyclic) bond motifs is 2. The lowest BCUT2D eigenvalue weighted by Gasteiger charge is -2.05. The van der Waals surface area contributed by atoms with Crippen LogP contribution in [0.25, 0.3) is 15.9 Å². The average molecular weight is 343 g/mol. The molecule has 1 aromatic carbocycles. The van der Waals surface area contributed by atoms with Gasteiger partial charge in [-0.15, -0.1) is 11.3 Å². The molecule has 1 amide bonds. The van der Waals surface area contributed by atoms with Crippen molar-refractivity contribution in [2.24, 2.45) is 0 Å². The molecule has 0 aliphatic rings. The van der Waals surface area contributed by atoms with Gasteiger partial charge < -0.3 is 10.3 Å². The first-order valence-electron chi connectivity index (χ1n) is 7.45. The van der Waals surface area contributed by atoms with Crippen LogP contribution in [0.4, 0.5) is 4.39 Å². The molecule has 4 rings (SSSR count). The van der Waals surface area contributed by atoms with Gasteiger partial charge in [0.1, 0.15) is 12.1 Å². The third kappa shape index (κ3) is 2.44. The first-order chi connectivity index (χ1) is 11.6. The Bertz CT molecular complexity index is 1050. The Kier molecular flexibility index (Phi) is 3.53. The molecule has 0 atom stereocenters. The van der Waals surface area contributed by atoms with Gasteiger partial charge >= 0.3 is 0 Å². The molecule has 122 valence electrons. The van der Waals surface area contributed by atoms with E-state index in [1.54, 1.807) is 10.6 Å². The fraction of sp³-hybridized carbons (Fsp3) is 0.188. The van der Waals surface area contributed by atoms with Crippen molar-refractivity contribution < 1.29 is 9.18 Å². The van der Waals surface area contributed by atoms with Gasteiger partial charge in [-0.1, -0.05) is 0 Å². The maximum atomic E-state index is 13.5. The van der Waals surface area contributed by atoms with Gasteiger partial charge in [0, 0.05) is 34.9 Å². The average Bonchev–Trinajstić information content (AvgIpc) is 3.21. The van der Waals surface area contributed by atoms with Gasteiger partial charge in [0.2, 0.25) is 4.96 Å². The fourth-order valence-electron chi connectivity index (χ4n) is 2.83. The lowest BCUT2D eigenvalue weighted by Crippen LogP contribution is -2.26. The number of carbonyl (C=O) groups excluding carboxylic acids is 1. The summed E-state index contributed by atoms with van der Waals surface area (Å²) >= 11 is 1.51. The van der Waals surface area contributed by atoms with Crippen LogP contribution in [0.15, 0.2) is 29.9 Å².